The smallest absolute Gasteiger partial charge is 0.145 e. The van der Waals surface area contributed by atoms with Crippen molar-refractivity contribution in [3.63, 3.8) is 0 Å². The van der Waals surface area contributed by atoms with E-state index in [1.54, 1.807) is 23.1 Å². The second-order valence-corrected chi connectivity index (χ2v) is 4.48. The maximum atomic E-state index is 6.28. The highest BCUT2D eigenvalue weighted by atomic mass is 35.5. The first-order valence-corrected chi connectivity index (χ1v) is 6.24. The number of aromatic nitrogens is 4. The fourth-order valence-electron chi connectivity index (χ4n) is 1.84. The zero-order valence-electron chi connectivity index (χ0n) is 10.5. The molecule has 6 heteroatoms. The number of nitrogens with two attached hydrogens (primary N) is 1. The third-order valence-corrected chi connectivity index (χ3v) is 3.27. The van der Waals surface area contributed by atoms with Crippen LogP contribution in [-0.4, -0.2) is 19.7 Å². The van der Waals surface area contributed by atoms with Crippen molar-refractivity contribution in [2.24, 2.45) is 12.8 Å². The Kier molecular flexibility index (Phi) is 3.93. The molecule has 0 bridgehead atoms. The number of halogens is 1. The van der Waals surface area contributed by atoms with Crippen LogP contribution in [0.3, 0.4) is 0 Å². The van der Waals surface area contributed by atoms with Gasteiger partial charge in [-0.15, -0.1) is 0 Å². The predicted molar refractivity (Wildman–Crippen MR) is 70.3 cm³/mol. The summed E-state index contributed by atoms with van der Waals surface area (Å²) in [4.78, 5) is 8.30. The van der Waals surface area contributed by atoms with E-state index in [1.807, 2.05) is 14.0 Å². The highest BCUT2D eigenvalue weighted by Crippen LogP contribution is 2.24. The van der Waals surface area contributed by atoms with Gasteiger partial charge in [-0.3, -0.25) is 4.68 Å². The molecule has 5 nitrogen and oxygen atoms in total. The molecule has 1 unspecified atom stereocenters. The van der Waals surface area contributed by atoms with Crippen LogP contribution in [0, 0.1) is 0 Å². The molecule has 0 amide bonds. The van der Waals surface area contributed by atoms with E-state index in [0.29, 0.717) is 17.3 Å². The Morgan fingerprint density at radius 2 is 2.06 bits per heavy atom. The van der Waals surface area contributed by atoms with Gasteiger partial charge in [0.25, 0.3) is 0 Å². The van der Waals surface area contributed by atoms with E-state index in [-0.39, 0.29) is 6.04 Å². The molecule has 2 rings (SSSR count). The Bertz CT molecular complexity index is 523. The SMILES string of the molecule is CCc1nn(C)c(CC(N)c2ncccn2)c1Cl. The van der Waals surface area contributed by atoms with Gasteiger partial charge in [-0.05, 0) is 12.5 Å². The summed E-state index contributed by atoms with van der Waals surface area (Å²) in [6, 6.07) is 1.49. The normalized spacial score (nSPS) is 12.7. The lowest BCUT2D eigenvalue weighted by molar-refractivity contribution is 0.613. The lowest BCUT2D eigenvalue weighted by Crippen LogP contribution is -2.18. The summed E-state index contributed by atoms with van der Waals surface area (Å²) in [5.41, 5.74) is 7.91. The van der Waals surface area contributed by atoms with E-state index in [0.717, 1.165) is 17.8 Å². The molecule has 0 saturated heterocycles. The molecular formula is C12H16ClN5. The molecule has 18 heavy (non-hydrogen) atoms. The van der Waals surface area contributed by atoms with E-state index < -0.39 is 0 Å². The molecule has 96 valence electrons. The van der Waals surface area contributed by atoms with Gasteiger partial charge in [-0.25, -0.2) is 9.97 Å². The molecule has 0 aliphatic carbocycles. The van der Waals surface area contributed by atoms with E-state index in [1.165, 1.54) is 0 Å². The fourth-order valence-corrected chi connectivity index (χ4v) is 2.21. The lowest BCUT2D eigenvalue weighted by atomic mass is 10.1. The van der Waals surface area contributed by atoms with E-state index in [4.69, 9.17) is 17.3 Å². The van der Waals surface area contributed by atoms with Crippen LogP contribution in [0.5, 0.6) is 0 Å². The van der Waals surface area contributed by atoms with Gasteiger partial charge in [0.05, 0.1) is 22.5 Å². The van der Waals surface area contributed by atoms with Gasteiger partial charge in [-0.1, -0.05) is 18.5 Å². The van der Waals surface area contributed by atoms with Crippen molar-refractivity contribution in [1.29, 1.82) is 0 Å². The summed E-state index contributed by atoms with van der Waals surface area (Å²) in [7, 11) is 1.87. The van der Waals surface area contributed by atoms with Crippen molar-refractivity contribution in [2.75, 3.05) is 0 Å². The zero-order chi connectivity index (χ0) is 13.1. The standard InChI is InChI=1S/C12H16ClN5/c1-3-9-11(13)10(18(2)17-9)7-8(14)12-15-5-4-6-16-12/h4-6,8H,3,7,14H2,1-2H3. The third kappa shape index (κ3) is 2.52. The largest absolute Gasteiger partial charge is 0.321 e. The summed E-state index contributed by atoms with van der Waals surface area (Å²) >= 11 is 6.28. The minimum atomic E-state index is -0.274. The van der Waals surface area contributed by atoms with Crippen molar-refractivity contribution in [2.45, 2.75) is 25.8 Å². The van der Waals surface area contributed by atoms with Crippen molar-refractivity contribution in [3.05, 3.63) is 40.7 Å². The maximum absolute atomic E-state index is 6.28. The van der Waals surface area contributed by atoms with E-state index in [9.17, 15) is 0 Å². The highest BCUT2D eigenvalue weighted by molar-refractivity contribution is 6.31. The van der Waals surface area contributed by atoms with E-state index >= 15 is 0 Å². The van der Waals surface area contributed by atoms with Gasteiger partial charge in [0.1, 0.15) is 5.82 Å². The van der Waals surface area contributed by atoms with Crippen LogP contribution in [0.15, 0.2) is 18.5 Å². The van der Waals surface area contributed by atoms with Crippen LogP contribution in [0.1, 0.15) is 30.2 Å². The van der Waals surface area contributed by atoms with Crippen LogP contribution >= 0.6 is 11.6 Å². The first kappa shape index (κ1) is 13.0. The Hall–Kier alpha value is -1.46. The topological polar surface area (TPSA) is 69.6 Å². The molecule has 2 aromatic rings. The van der Waals surface area contributed by atoms with Gasteiger partial charge in [0.2, 0.25) is 0 Å². The van der Waals surface area contributed by atoms with Crippen LogP contribution in [0.25, 0.3) is 0 Å². The lowest BCUT2D eigenvalue weighted by Gasteiger charge is -2.10. The van der Waals surface area contributed by atoms with Crippen molar-refractivity contribution < 1.29 is 0 Å². The molecule has 0 fully saturated rings. The Morgan fingerprint density at radius 1 is 1.39 bits per heavy atom. The summed E-state index contributed by atoms with van der Waals surface area (Å²) in [5, 5.41) is 5.06. The summed E-state index contributed by atoms with van der Waals surface area (Å²) in [6.07, 6.45) is 4.76. The predicted octanol–water partition coefficient (Wildman–Crippen LogP) is 1.67. The van der Waals surface area contributed by atoms with Gasteiger partial charge >= 0.3 is 0 Å². The van der Waals surface area contributed by atoms with Crippen LogP contribution < -0.4 is 5.73 Å². The van der Waals surface area contributed by atoms with Gasteiger partial charge in [-0.2, -0.15) is 5.10 Å². The highest BCUT2D eigenvalue weighted by Gasteiger charge is 2.18. The molecule has 1 atom stereocenters. The number of rotatable bonds is 4. The number of hydrogen-bond donors (Lipinski definition) is 1. The molecule has 2 N–H and O–H groups in total. The van der Waals surface area contributed by atoms with Crippen molar-refractivity contribution in [1.82, 2.24) is 19.7 Å². The minimum absolute atomic E-state index is 0.274. The van der Waals surface area contributed by atoms with Crippen LogP contribution in [0.2, 0.25) is 5.02 Å². The summed E-state index contributed by atoms with van der Waals surface area (Å²) in [6.45, 7) is 2.03. The Balaban J connectivity index is 2.22. The molecule has 0 aromatic carbocycles. The second-order valence-electron chi connectivity index (χ2n) is 4.10. The minimum Gasteiger partial charge on any atom is -0.321 e. The average molecular weight is 266 g/mol. The van der Waals surface area contributed by atoms with Gasteiger partial charge < -0.3 is 5.73 Å². The molecule has 0 spiro atoms. The second kappa shape index (κ2) is 5.46. The number of aryl methyl sites for hydroxylation is 2. The summed E-state index contributed by atoms with van der Waals surface area (Å²) in [5.74, 6) is 0.618. The van der Waals surface area contributed by atoms with E-state index in [2.05, 4.69) is 15.1 Å². The van der Waals surface area contributed by atoms with Crippen LogP contribution in [0.4, 0.5) is 0 Å². The Labute approximate surface area is 111 Å². The van der Waals surface area contributed by atoms with Gasteiger partial charge in [0, 0.05) is 25.9 Å². The molecule has 0 aliphatic heterocycles. The first-order chi connectivity index (χ1) is 8.63. The summed E-state index contributed by atoms with van der Waals surface area (Å²) < 4.78 is 1.78. The Morgan fingerprint density at radius 3 is 2.61 bits per heavy atom. The van der Waals surface area contributed by atoms with Crippen molar-refractivity contribution >= 4 is 11.6 Å². The van der Waals surface area contributed by atoms with Gasteiger partial charge in [0.15, 0.2) is 0 Å². The molecule has 0 aliphatic rings. The third-order valence-electron chi connectivity index (χ3n) is 2.83. The zero-order valence-corrected chi connectivity index (χ0v) is 11.2. The van der Waals surface area contributed by atoms with Crippen molar-refractivity contribution in [3.8, 4) is 0 Å². The molecule has 2 heterocycles. The number of nitrogens with zero attached hydrogens (tertiary/aromatic N) is 4. The molecular weight excluding hydrogens is 250 g/mol. The van der Waals surface area contributed by atoms with Crippen LogP contribution in [-0.2, 0) is 19.9 Å². The fraction of sp³-hybridized carbons (Fsp3) is 0.417. The molecule has 0 radical (unpaired) electrons. The molecule has 2 aromatic heterocycles. The first-order valence-electron chi connectivity index (χ1n) is 5.86. The maximum Gasteiger partial charge on any atom is 0.145 e. The quantitative estimate of drug-likeness (QED) is 0.913. The average Bonchev–Trinajstić information content (AvgIpc) is 2.67. The molecule has 0 saturated carbocycles. The number of hydrogen-bond acceptors (Lipinski definition) is 4. The monoisotopic (exact) mass is 265 g/mol.